The molecular formula is C16H33IN4. The van der Waals surface area contributed by atoms with Crippen LogP contribution in [0.5, 0.6) is 0 Å². The molecule has 0 radical (unpaired) electrons. The van der Waals surface area contributed by atoms with E-state index in [0.717, 1.165) is 12.5 Å². The van der Waals surface area contributed by atoms with Gasteiger partial charge in [0.25, 0.3) is 0 Å². The molecule has 1 atom stereocenters. The molecule has 1 aliphatic heterocycles. The van der Waals surface area contributed by atoms with Gasteiger partial charge in [-0.25, -0.2) is 0 Å². The minimum Gasteiger partial charge on any atom is -0.355 e. The van der Waals surface area contributed by atoms with Crippen LogP contribution in [0.4, 0.5) is 0 Å². The van der Waals surface area contributed by atoms with E-state index in [0.29, 0.717) is 12.1 Å². The summed E-state index contributed by atoms with van der Waals surface area (Å²) in [6, 6.07) is 1.31. The van der Waals surface area contributed by atoms with Crippen molar-refractivity contribution in [2.75, 3.05) is 26.7 Å². The number of halogens is 1. The van der Waals surface area contributed by atoms with Crippen LogP contribution < -0.4 is 10.6 Å². The number of nitrogens with zero attached hydrogens (tertiary/aromatic N) is 2. The fourth-order valence-corrected chi connectivity index (χ4v) is 3.56. The summed E-state index contributed by atoms with van der Waals surface area (Å²) in [5.74, 6) is 0.999. The van der Waals surface area contributed by atoms with Gasteiger partial charge in [0.05, 0.1) is 0 Å². The monoisotopic (exact) mass is 408 g/mol. The van der Waals surface area contributed by atoms with Gasteiger partial charge in [0.15, 0.2) is 5.96 Å². The van der Waals surface area contributed by atoms with Crippen molar-refractivity contribution in [3.05, 3.63) is 0 Å². The minimum atomic E-state index is 0. The average Bonchev–Trinajstić information content (AvgIpc) is 2.52. The number of hydrogen-bond donors (Lipinski definition) is 2. The van der Waals surface area contributed by atoms with E-state index >= 15 is 0 Å². The van der Waals surface area contributed by atoms with Crippen molar-refractivity contribution in [2.45, 2.75) is 70.4 Å². The molecular weight excluding hydrogens is 375 g/mol. The maximum Gasteiger partial charge on any atom is 0.191 e. The lowest BCUT2D eigenvalue weighted by molar-refractivity contribution is 0.157. The zero-order valence-corrected chi connectivity index (χ0v) is 16.1. The molecule has 0 aromatic heterocycles. The molecule has 5 heteroatoms. The molecule has 124 valence electrons. The molecule has 2 N–H and O–H groups in total. The van der Waals surface area contributed by atoms with Crippen molar-refractivity contribution in [1.82, 2.24) is 15.5 Å². The van der Waals surface area contributed by atoms with E-state index in [9.17, 15) is 0 Å². The Labute approximate surface area is 147 Å². The highest BCUT2D eigenvalue weighted by Crippen LogP contribution is 2.17. The Morgan fingerprint density at radius 2 is 1.81 bits per heavy atom. The molecule has 0 bridgehead atoms. The zero-order valence-electron chi connectivity index (χ0n) is 13.7. The lowest BCUT2D eigenvalue weighted by atomic mass is 9.96. The van der Waals surface area contributed by atoms with Crippen molar-refractivity contribution >= 4 is 29.9 Å². The highest BCUT2D eigenvalue weighted by atomic mass is 127. The summed E-state index contributed by atoms with van der Waals surface area (Å²) in [7, 11) is 1.89. The second-order valence-corrected chi connectivity index (χ2v) is 6.21. The summed E-state index contributed by atoms with van der Waals surface area (Å²) in [6.45, 7) is 5.73. The van der Waals surface area contributed by atoms with Gasteiger partial charge in [-0.15, -0.1) is 24.0 Å². The Kier molecular flexibility index (Phi) is 9.64. The Balaban J connectivity index is 0.00000220. The fraction of sp³-hybridized carbons (Fsp3) is 0.938. The molecule has 2 aliphatic rings. The molecule has 0 aromatic rings. The highest BCUT2D eigenvalue weighted by Gasteiger charge is 2.21. The molecule has 1 heterocycles. The Morgan fingerprint density at radius 1 is 1.10 bits per heavy atom. The molecule has 21 heavy (non-hydrogen) atoms. The molecule has 1 aliphatic carbocycles. The summed E-state index contributed by atoms with van der Waals surface area (Å²) < 4.78 is 0. The van der Waals surface area contributed by atoms with E-state index in [2.05, 4.69) is 27.4 Å². The van der Waals surface area contributed by atoms with E-state index in [4.69, 9.17) is 0 Å². The predicted octanol–water partition coefficient (Wildman–Crippen LogP) is 2.98. The second kappa shape index (κ2) is 10.6. The third kappa shape index (κ3) is 6.30. The van der Waals surface area contributed by atoms with Crippen LogP contribution in [0, 0.1) is 0 Å². The SMILES string of the molecule is CCN1CCCCC1CNC(=NC)NC1CCCCC1.I. The summed E-state index contributed by atoms with van der Waals surface area (Å²) in [5, 5.41) is 7.15. The lowest BCUT2D eigenvalue weighted by Gasteiger charge is -2.35. The van der Waals surface area contributed by atoms with Gasteiger partial charge in [-0.2, -0.15) is 0 Å². The number of hydrogen-bond acceptors (Lipinski definition) is 2. The van der Waals surface area contributed by atoms with Crippen LogP contribution in [0.25, 0.3) is 0 Å². The number of guanidine groups is 1. The van der Waals surface area contributed by atoms with Crippen molar-refractivity contribution in [3.63, 3.8) is 0 Å². The van der Waals surface area contributed by atoms with E-state index < -0.39 is 0 Å². The Bertz CT molecular complexity index is 303. The first-order valence-corrected chi connectivity index (χ1v) is 8.54. The number of likely N-dealkylation sites (N-methyl/N-ethyl adjacent to an activating group) is 1. The third-order valence-electron chi connectivity index (χ3n) is 4.83. The van der Waals surface area contributed by atoms with Gasteiger partial charge < -0.3 is 10.6 Å². The average molecular weight is 408 g/mol. The standard InChI is InChI=1S/C16H32N4.HI/c1-3-20-12-8-7-11-15(20)13-18-16(17-2)19-14-9-5-4-6-10-14;/h14-15H,3-13H2,1-2H3,(H2,17,18,19);1H. The number of piperidine rings is 1. The maximum atomic E-state index is 4.39. The number of nitrogens with one attached hydrogen (secondary N) is 2. The van der Waals surface area contributed by atoms with E-state index in [1.54, 1.807) is 0 Å². The van der Waals surface area contributed by atoms with Crippen LogP contribution >= 0.6 is 24.0 Å². The maximum absolute atomic E-state index is 4.39. The van der Waals surface area contributed by atoms with Crippen molar-refractivity contribution < 1.29 is 0 Å². The van der Waals surface area contributed by atoms with Crippen LogP contribution in [-0.4, -0.2) is 49.6 Å². The van der Waals surface area contributed by atoms with Crippen LogP contribution in [0.15, 0.2) is 4.99 Å². The largest absolute Gasteiger partial charge is 0.355 e. The molecule has 0 spiro atoms. The zero-order chi connectivity index (χ0) is 14.2. The van der Waals surface area contributed by atoms with E-state index in [-0.39, 0.29) is 24.0 Å². The van der Waals surface area contributed by atoms with Gasteiger partial charge in [0, 0.05) is 25.7 Å². The van der Waals surface area contributed by atoms with E-state index in [1.807, 2.05) is 7.05 Å². The molecule has 1 unspecified atom stereocenters. The van der Waals surface area contributed by atoms with Crippen LogP contribution in [-0.2, 0) is 0 Å². The molecule has 2 fully saturated rings. The quantitative estimate of drug-likeness (QED) is 0.427. The molecule has 0 aromatic carbocycles. The van der Waals surface area contributed by atoms with Gasteiger partial charge in [0.1, 0.15) is 0 Å². The van der Waals surface area contributed by atoms with Crippen molar-refractivity contribution in [3.8, 4) is 0 Å². The van der Waals surface area contributed by atoms with Gasteiger partial charge in [-0.05, 0) is 38.8 Å². The topological polar surface area (TPSA) is 39.7 Å². The summed E-state index contributed by atoms with van der Waals surface area (Å²) in [6.07, 6.45) is 10.8. The van der Waals surface area contributed by atoms with Crippen molar-refractivity contribution in [2.24, 2.45) is 4.99 Å². The second-order valence-electron chi connectivity index (χ2n) is 6.21. The Morgan fingerprint density at radius 3 is 2.48 bits per heavy atom. The number of aliphatic imine (C=N–C) groups is 1. The van der Waals surface area contributed by atoms with Gasteiger partial charge in [-0.3, -0.25) is 9.89 Å². The van der Waals surface area contributed by atoms with Gasteiger partial charge in [-0.1, -0.05) is 32.6 Å². The number of rotatable bonds is 4. The third-order valence-corrected chi connectivity index (χ3v) is 4.83. The first kappa shape index (κ1) is 19.0. The fourth-order valence-electron chi connectivity index (χ4n) is 3.56. The summed E-state index contributed by atoms with van der Waals surface area (Å²) in [5.41, 5.74) is 0. The first-order valence-electron chi connectivity index (χ1n) is 8.54. The predicted molar refractivity (Wildman–Crippen MR) is 102 cm³/mol. The molecule has 1 saturated heterocycles. The van der Waals surface area contributed by atoms with E-state index in [1.165, 1.54) is 64.5 Å². The molecule has 0 amide bonds. The highest BCUT2D eigenvalue weighted by molar-refractivity contribution is 14.0. The van der Waals surface area contributed by atoms with Gasteiger partial charge >= 0.3 is 0 Å². The normalized spacial score (nSPS) is 25.2. The smallest absolute Gasteiger partial charge is 0.191 e. The van der Waals surface area contributed by atoms with Crippen LogP contribution in [0.2, 0.25) is 0 Å². The number of likely N-dealkylation sites (tertiary alicyclic amines) is 1. The van der Waals surface area contributed by atoms with Crippen LogP contribution in [0.1, 0.15) is 58.3 Å². The first-order chi connectivity index (χ1) is 9.83. The molecule has 4 nitrogen and oxygen atoms in total. The molecule has 1 saturated carbocycles. The summed E-state index contributed by atoms with van der Waals surface area (Å²) in [4.78, 5) is 6.99. The van der Waals surface area contributed by atoms with Crippen molar-refractivity contribution in [1.29, 1.82) is 0 Å². The lowest BCUT2D eigenvalue weighted by Crippen LogP contribution is -2.50. The minimum absolute atomic E-state index is 0. The van der Waals surface area contributed by atoms with Crippen LogP contribution in [0.3, 0.4) is 0 Å². The Hall–Kier alpha value is -0.0400. The summed E-state index contributed by atoms with van der Waals surface area (Å²) >= 11 is 0. The molecule has 2 rings (SSSR count). The van der Waals surface area contributed by atoms with Gasteiger partial charge in [0.2, 0.25) is 0 Å².